The fraction of sp³-hybridized carbons (Fsp3) is 0.294. The van der Waals surface area contributed by atoms with Crippen molar-refractivity contribution in [3.8, 4) is 0 Å². The van der Waals surface area contributed by atoms with Gasteiger partial charge in [-0.15, -0.1) is 0 Å². The molecule has 3 rings (SSSR count). The van der Waals surface area contributed by atoms with Crippen molar-refractivity contribution < 1.29 is 5.11 Å². The van der Waals surface area contributed by atoms with Crippen LogP contribution in [0.3, 0.4) is 0 Å². The van der Waals surface area contributed by atoms with Crippen molar-refractivity contribution in [3.63, 3.8) is 0 Å². The molecule has 0 amide bonds. The molecular weight excluding hydrogens is 284 g/mol. The van der Waals surface area contributed by atoms with E-state index in [1.165, 1.54) is 5.75 Å². The third-order valence-electron chi connectivity index (χ3n) is 3.71. The van der Waals surface area contributed by atoms with E-state index in [1.54, 1.807) is 0 Å². The zero-order valence-electron chi connectivity index (χ0n) is 11.2. The Balaban J connectivity index is 2.07. The number of aliphatic hydroxyl groups is 1. The Morgan fingerprint density at radius 1 is 0.850 bits per heavy atom. The van der Waals surface area contributed by atoms with Crippen molar-refractivity contribution in [2.75, 3.05) is 17.3 Å². The van der Waals surface area contributed by atoms with E-state index >= 15 is 0 Å². The largest absolute Gasteiger partial charge is 0.379 e. The van der Waals surface area contributed by atoms with Crippen molar-refractivity contribution in [1.82, 2.24) is 0 Å². The van der Waals surface area contributed by atoms with Crippen LogP contribution < -0.4 is 0 Å². The van der Waals surface area contributed by atoms with E-state index in [-0.39, 0.29) is 5.25 Å². The van der Waals surface area contributed by atoms with Crippen molar-refractivity contribution in [3.05, 3.63) is 71.8 Å². The number of hydrogen-bond donors (Lipinski definition) is 1. The summed E-state index contributed by atoms with van der Waals surface area (Å²) in [6, 6.07) is 20.1. The minimum absolute atomic E-state index is 0.200. The van der Waals surface area contributed by atoms with E-state index in [4.69, 9.17) is 0 Å². The first-order valence-corrected chi connectivity index (χ1v) is 9.05. The van der Waals surface area contributed by atoms with Crippen molar-refractivity contribution >= 4 is 23.5 Å². The second kappa shape index (κ2) is 6.25. The lowest BCUT2D eigenvalue weighted by Gasteiger charge is -2.38. The Bertz CT molecular complexity index is 496. The van der Waals surface area contributed by atoms with Crippen molar-refractivity contribution in [2.45, 2.75) is 10.9 Å². The van der Waals surface area contributed by atoms with Gasteiger partial charge in [0.1, 0.15) is 5.60 Å². The van der Waals surface area contributed by atoms with Crippen LogP contribution in [-0.4, -0.2) is 27.6 Å². The predicted octanol–water partition coefficient (Wildman–Crippen LogP) is 3.77. The molecule has 1 unspecified atom stereocenters. The summed E-state index contributed by atoms with van der Waals surface area (Å²) in [4.78, 5) is 0. The Morgan fingerprint density at radius 3 is 1.85 bits per heavy atom. The van der Waals surface area contributed by atoms with Gasteiger partial charge in [-0.25, -0.2) is 0 Å². The zero-order chi connectivity index (χ0) is 13.8. The second-order valence-corrected chi connectivity index (χ2v) is 7.39. The quantitative estimate of drug-likeness (QED) is 0.932. The average molecular weight is 302 g/mol. The lowest BCUT2D eigenvalue weighted by Crippen LogP contribution is -2.41. The molecule has 1 fully saturated rings. The van der Waals surface area contributed by atoms with Crippen LogP contribution in [0.4, 0.5) is 0 Å². The van der Waals surface area contributed by atoms with E-state index in [2.05, 4.69) is 0 Å². The van der Waals surface area contributed by atoms with Crippen molar-refractivity contribution in [2.24, 2.45) is 0 Å². The lowest BCUT2D eigenvalue weighted by atomic mass is 9.84. The van der Waals surface area contributed by atoms with Crippen LogP contribution in [-0.2, 0) is 5.60 Å². The molecule has 1 aliphatic rings. The zero-order valence-corrected chi connectivity index (χ0v) is 12.9. The van der Waals surface area contributed by atoms with Crippen LogP contribution in [0.25, 0.3) is 0 Å². The fourth-order valence-electron chi connectivity index (χ4n) is 2.65. The van der Waals surface area contributed by atoms with Crippen LogP contribution >= 0.6 is 23.5 Å². The minimum atomic E-state index is -0.902. The van der Waals surface area contributed by atoms with Crippen LogP contribution in [0.15, 0.2) is 60.7 Å². The smallest absolute Gasteiger partial charge is 0.127 e. The summed E-state index contributed by atoms with van der Waals surface area (Å²) in [6.45, 7) is 0. The van der Waals surface area contributed by atoms with Crippen LogP contribution in [0.1, 0.15) is 11.1 Å². The van der Waals surface area contributed by atoms with E-state index in [1.807, 2.05) is 84.2 Å². The molecule has 0 spiro atoms. The molecule has 2 aromatic carbocycles. The summed E-state index contributed by atoms with van der Waals surface area (Å²) in [5.74, 6) is 3.28. The highest BCUT2D eigenvalue weighted by Gasteiger charge is 2.41. The topological polar surface area (TPSA) is 20.2 Å². The monoisotopic (exact) mass is 302 g/mol. The molecule has 0 aromatic heterocycles. The summed E-state index contributed by atoms with van der Waals surface area (Å²) < 4.78 is 0. The summed E-state index contributed by atoms with van der Waals surface area (Å²) in [5.41, 5.74) is 1.08. The SMILES string of the molecule is OC(c1ccccc1)(c1ccccc1)C1CSCCS1. The molecule has 0 saturated carbocycles. The Kier molecular flexibility index (Phi) is 4.39. The van der Waals surface area contributed by atoms with Gasteiger partial charge in [0.15, 0.2) is 0 Å². The number of benzene rings is 2. The van der Waals surface area contributed by atoms with Gasteiger partial charge in [0.05, 0.1) is 5.25 Å². The average Bonchev–Trinajstić information content (AvgIpc) is 2.56. The molecule has 1 saturated heterocycles. The molecule has 0 bridgehead atoms. The van der Waals surface area contributed by atoms with Gasteiger partial charge in [-0.05, 0) is 11.1 Å². The Morgan fingerprint density at radius 2 is 1.40 bits per heavy atom. The lowest BCUT2D eigenvalue weighted by molar-refractivity contribution is 0.0837. The standard InChI is InChI=1S/C17H18OS2/c18-17(14-7-3-1-4-8-14,15-9-5-2-6-10-15)16-13-19-11-12-20-16/h1-10,16,18H,11-13H2. The van der Waals surface area contributed by atoms with Gasteiger partial charge < -0.3 is 5.11 Å². The van der Waals surface area contributed by atoms with Crippen LogP contribution in [0.5, 0.6) is 0 Å². The first-order chi connectivity index (χ1) is 9.82. The number of rotatable bonds is 3. The molecule has 3 heteroatoms. The van der Waals surface area contributed by atoms with Crippen LogP contribution in [0, 0.1) is 0 Å². The normalized spacial score (nSPS) is 19.8. The minimum Gasteiger partial charge on any atom is -0.379 e. The molecule has 1 N–H and O–H groups in total. The van der Waals surface area contributed by atoms with Gasteiger partial charge >= 0.3 is 0 Å². The summed E-state index contributed by atoms with van der Waals surface area (Å²) in [7, 11) is 0. The molecule has 104 valence electrons. The van der Waals surface area contributed by atoms with Crippen molar-refractivity contribution in [1.29, 1.82) is 0 Å². The summed E-state index contributed by atoms with van der Waals surface area (Å²) in [5, 5.41) is 11.7. The molecule has 2 aromatic rings. The first-order valence-electron chi connectivity index (χ1n) is 6.84. The third-order valence-corrected chi connectivity index (χ3v) is 6.59. The first kappa shape index (κ1) is 14.1. The van der Waals surface area contributed by atoms with Gasteiger partial charge in [0.25, 0.3) is 0 Å². The fourth-order valence-corrected chi connectivity index (χ4v) is 5.60. The molecule has 1 nitrogen and oxygen atoms in total. The van der Waals surface area contributed by atoms with E-state index in [9.17, 15) is 5.11 Å². The van der Waals surface area contributed by atoms with E-state index in [0.717, 1.165) is 22.6 Å². The van der Waals surface area contributed by atoms with Gasteiger partial charge in [0.2, 0.25) is 0 Å². The third kappa shape index (κ3) is 2.62. The van der Waals surface area contributed by atoms with Crippen LogP contribution in [0.2, 0.25) is 0 Å². The van der Waals surface area contributed by atoms with Gasteiger partial charge in [0, 0.05) is 17.3 Å². The Hall–Kier alpha value is -0.900. The maximum atomic E-state index is 11.5. The Labute approximate surface area is 128 Å². The highest BCUT2D eigenvalue weighted by Crippen LogP contribution is 2.42. The molecule has 1 atom stereocenters. The number of thioether (sulfide) groups is 2. The number of hydrogen-bond acceptors (Lipinski definition) is 3. The molecule has 1 aliphatic heterocycles. The maximum absolute atomic E-state index is 11.5. The van der Waals surface area contributed by atoms with E-state index < -0.39 is 5.60 Å². The van der Waals surface area contributed by atoms with E-state index in [0.29, 0.717) is 0 Å². The summed E-state index contributed by atoms with van der Waals surface area (Å²) in [6.07, 6.45) is 0. The molecule has 1 heterocycles. The maximum Gasteiger partial charge on any atom is 0.127 e. The molecule has 0 aliphatic carbocycles. The van der Waals surface area contributed by atoms with Gasteiger partial charge in [-0.1, -0.05) is 60.7 Å². The molecule has 20 heavy (non-hydrogen) atoms. The predicted molar refractivity (Wildman–Crippen MR) is 89.5 cm³/mol. The second-order valence-electron chi connectivity index (χ2n) is 4.93. The molecular formula is C17H18OS2. The highest BCUT2D eigenvalue weighted by molar-refractivity contribution is 8.06. The van der Waals surface area contributed by atoms with Gasteiger partial charge in [-0.2, -0.15) is 23.5 Å². The highest BCUT2D eigenvalue weighted by atomic mass is 32.2. The molecule has 0 radical (unpaired) electrons. The van der Waals surface area contributed by atoms with Gasteiger partial charge in [-0.3, -0.25) is 0 Å². The summed E-state index contributed by atoms with van der Waals surface area (Å²) >= 11 is 3.83.